The summed E-state index contributed by atoms with van der Waals surface area (Å²) in [6.45, 7) is 3.74. The number of rotatable bonds is 4. The van der Waals surface area contributed by atoms with E-state index in [-0.39, 0.29) is 5.63 Å². The lowest BCUT2D eigenvalue weighted by molar-refractivity contribution is 0.0890. The Bertz CT molecular complexity index is 1060. The van der Waals surface area contributed by atoms with Crippen LogP contribution in [0.1, 0.15) is 30.0 Å². The summed E-state index contributed by atoms with van der Waals surface area (Å²) in [5, 5.41) is 2.13. The van der Waals surface area contributed by atoms with Crippen LogP contribution in [0.3, 0.4) is 0 Å². The van der Waals surface area contributed by atoms with E-state index < -0.39 is 0 Å². The van der Waals surface area contributed by atoms with Crippen molar-refractivity contribution in [2.45, 2.75) is 32.9 Å². The van der Waals surface area contributed by atoms with Crippen molar-refractivity contribution in [3.8, 4) is 5.75 Å². The molecule has 0 spiro atoms. The third-order valence-corrected chi connectivity index (χ3v) is 5.23. The second-order valence-electron chi connectivity index (χ2n) is 6.77. The van der Waals surface area contributed by atoms with Gasteiger partial charge < -0.3 is 9.15 Å². The summed E-state index contributed by atoms with van der Waals surface area (Å²) in [5.41, 5.74) is 3.10. The Morgan fingerprint density at radius 1 is 1.19 bits per heavy atom. The molecule has 2 aromatic carbocycles. The van der Waals surface area contributed by atoms with E-state index in [2.05, 4.69) is 11.8 Å². The van der Waals surface area contributed by atoms with Crippen molar-refractivity contribution in [2.24, 2.45) is 0 Å². The highest BCUT2D eigenvalue weighted by atomic mass is 35.5. The average molecular weight is 404 g/mol. The lowest BCUT2D eigenvalue weighted by Crippen LogP contribution is -2.32. The highest BCUT2D eigenvalue weighted by molar-refractivity contribution is 6.33. The maximum atomic E-state index is 12.1. The molecule has 27 heavy (non-hydrogen) atoms. The maximum Gasteiger partial charge on any atom is 0.336 e. The molecule has 1 aliphatic heterocycles. The van der Waals surface area contributed by atoms with Crippen molar-refractivity contribution >= 4 is 34.2 Å². The first kappa shape index (κ1) is 18.4. The van der Waals surface area contributed by atoms with Crippen LogP contribution in [0.2, 0.25) is 10.0 Å². The number of hydrogen-bond acceptors (Lipinski definition) is 4. The van der Waals surface area contributed by atoms with E-state index in [0.29, 0.717) is 41.2 Å². The fourth-order valence-electron chi connectivity index (χ4n) is 3.57. The van der Waals surface area contributed by atoms with Crippen LogP contribution in [0.15, 0.2) is 45.6 Å². The van der Waals surface area contributed by atoms with Gasteiger partial charge in [-0.2, -0.15) is 0 Å². The summed E-state index contributed by atoms with van der Waals surface area (Å²) in [5.74, 6) is 0.600. The molecule has 1 aliphatic rings. The fraction of sp³-hybridized carbons (Fsp3) is 0.286. The van der Waals surface area contributed by atoms with Gasteiger partial charge in [0.2, 0.25) is 0 Å². The van der Waals surface area contributed by atoms with Crippen molar-refractivity contribution in [2.75, 3.05) is 6.73 Å². The number of benzene rings is 2. The molecule has 0 saturated carbocycles. The molecule has 4 rings (SSSR count). The number of nitrogens with zero attached hydrogens (tertiary/aromatic N) is 1. The molecule has 140 valence electrons. The number of halogens is 2. The molecule has 0 aliphatic carbocycles. The van der Waals surface area contributed by atoms with Crippen molar-refractivity contribution in [1.29, 1.82) is 0 Å². The van der Waals surface area contributed by atoms with Gasteiger partial charge in [0.15, 0.2) is 0 Å². The average Bonchev–Trinajstić information content (AvgIpc) is 2.63. The fourth-order valence-corrected chi connectivity index (χ4v) is 4.06. The molecule has 4 nitrogen and oxygen atoms in total. The normalized spacial score (nSPS) is 14.2. The number of ether oxygens (including phenoxy) is 1. The minimum Gasteiger partial charge on any atom is -0.476 e. The zero-order chi connectivity index (χ0) is 19.0. The van der Waals surface area contributed by atoms with Gasteiger partial charge >= 0.3 is 5.63 Å². The Morgan fingerprint density at radius 3 is 2.81 bits per heavy atom. The Balaban J connectivity index is 1.76. The second kappa shape index (κ2) is 7.55. The van der Waals surface area contributed by atoms with Crippen LogP contribution < -0.4 is 10.4 Å². The summed E-state index contributed by atoms with van der Waals surface area (Å²) < 4.78 is 11.5. The molecule has 0 fully saturated rings. The summed E-state index contributed by atoms with van der Waals surface area (Å²) in [6.07, 6.45) is 1.73. The summed E-state index contributed by atoms with van der Waals surface area (Å²) in [4.78, 5) is 14.2. The number of hydrogen-bond donors (Lipinski definition) is 0. The predicted octanol–water partition coefficient (Wildman–Crippen LogP) is 5.40. The maximum absolute atomic E-state index is 12.1. The molecule has 0 bridgehead atoms. The van der Waals surface area contributed by atoms with Crippen molar-refractivity contribution in [3.63, 3.8) is 0 Å². The molecule has 0 radical (unpaired) electrons. The van der Waals surface area contributed by atoms with Crippen LogP contribution in [-0.4, -0.2) is 11.6 Å². The first-order chi connectivity index (χ1) is 13.0. The summed E-state index contributed by atoms with van der Waals surface area (Å²) >= 11 is 12.6. The first-order valence-corrected chi connectivity index (χ1v) is 9.68. The lowest BCUT2D eigenvalue weighted by atomic mass is 10.0. The molecule has 2 heterocycles. The van der Waals surface area contributed by atoms with Gasteiger partial charge in [-0.05, 0) is 35.7 Å². The van der Waals surface area contributed by atoms with E-state index in [1.165, 1.54) is 0 Å². The van der Waals surface area contributed by atoms with E-state index >= 15 is 0 Å². The number of aryl methyl sites for hydroxylation is 1. The van der Waals surface area contributed by atoms with E-state index in [1.54, 1.807) is 6.07 Å². The van der Waals surface area contributed by atoms with E-state index in [9.17, 15) is 4.79 Å². The molecule has 1 aromatic heterocycles. The molecular formula is C21H19Cl2NO3. The van der Waals surface area contributed by atoms with Gasteiger partial charge in [0, 0.05) is 29.6 Å². The van der Waals surface area contributed by atoms with Gasteiger partial charge in [-0.1, -0.05) is 48.7 Å². The van der Waals surface area contributed by atoms with Gasteiger partial charge in [-0.25, -0.2) is 4.79 Å². The highest BCUT2D eigenvalue weighted by Gasteiger charge is 2.25. The van der Waals surface area contributed by atoms with Gasteiger partial charge in [0.25, 0.3) is 0 Å². The smallest absolute Gasteiger partial charge is 0.336 e. The lowest BCUT2D eigenvalue weighted by Gasteiger charge is -2.30. The summed E-state index contributed by atoms with van der Waals surface area (Å²) in [6, 6.07) is 11.1. The Labute approximate surface area is 167 Å². The molecule has 3 aromatic rings. The molecule has 0 saturated heterocycles. The quantitative estimate of drug-likeness (QED) is 0.546. The standard InChI is InChI=1S/C21H19Cl2NO3/c1-2-4-14-8-19(25)27-20-16(14)9-18(23)21-17(20)11-24(12-26-21)10-13-5-3-6-15(22)7-13/h3,5-9H,2,4,10-12H2,1H3. The Hall–Kier alpha value is -2.01. The molecule has 0 amide bonds. The molecular weight excluding hydrogens is 385 g/mol. The summed E-state index contributed by atoms with van der Waals surface area (Å²) in [7, 11) is 0. The van der Waals surface area contributed by atoms with Crippen LogP contribution >= 0.6 is 23.2 Å². The molecule has 0 atom stereocenters. The van der Waals surface area contributed by atoms with Gasteiger partial charge in [0.05, 0.1) is 10.6 Å². The van der Waals surface area contributed by atoms with Crippen LogP contribution in [-0.2, 0) is 19.5 Å². The SMILES string of the molecule is CCCc1cc(=O)oc2c3c(c(Cl)cc12)OCN(Cc1cccc(Cl)c1)C3. The first-order valence-electron chi connectivity index (χ1n) is 8.93. The van der Waals surface area contributed by atoms with Crippen LogP contribution in [0.4, 0.5) is 0 Å². The largest absolute Gasteiger partial charge is 0.476 e. The molecule has 6 heteroatoms. The van der Waals surface area contributed by atoms with Gasteiger partial charge in [0.1, 0.15) is 18.1 Å². The molecule has 0 N–H and O–H groups in total. The second-order valence-corrected chi connectivity index (χ2v) is 7.62. The zero-order valence-electron chi connectivity index (χ0n) is 14.9. The highest BCUT2D eigenvalue weighted by Crippen LogP contribution is 2.39. The third-order valence-electron chi connectivity index (χ3n) is 4.71. The number of fused-ring (bicyclic) bond motifs is 3. The monoisotopic (exact) mass is 403 g/mol. The van der Waals surface area contributed by atoms with E-state index in [0.717, 1.165) is 34.9 Å². The minimum atomic E-state index is -0.345. The third kappa shape index (κ3) is 3.70. The Kier molecular flexibility index (Phi) is 5.13. The predicted molar refractivity (Wildman–Crippen MR) is 108 cm³/mol. The topological polar surface area (TPSA) is 42.7 Å². The van der Waals surface area contributed by atoms with Crippen molar-refractivity contribution in [3.05, 3.63) is 73.6 Å². The van der Waals surface area contributed by atoms with Crippen LogP contribution in [0.25, 0.3) is 11.0 Å². The van der Waals surface area contributed by atoms with Crippen molar-refractivity contribution < 1.29 is 9.15 Å². The van der Waals surface area contributed by atoms with Crippen LogP contribution in [0, 0.1) is 0 Å². The van der Waals surface area contributed by atoms with Crippen molar-refractivity contribution in [1.82, 2.24) is 4.90 Å². The van der Waals surface area contributed by atoms with Crippen LogP contribution in [0.5, 0.6) is 5.75 Å². The van der Waals surface area contributed by atoms with Gasteiger partial charge in [-0.3, -0.25) is 4.90 Å². The molecule has 0 unspecified atom stereocenters. The van der Waals surface area contributed by atoms with E-state index in [1.807, 2.05) is 30.3 Å². The minimum absolute atomic E-state index is 0.345. The van der Waals surface area contributed by atoms with Gasteiger partial charge in [-0.15, -0.1) is 0 Å². The zero-order valence-corrected chi connectivity index (χ0v) is 16.4. The Morgan fingerprint density at radius 2 is 2.04 bits per heavy atom. The van der Waals surface area contributed by atoms with E-state index in [4.69, 9.17) is 32.4 Å².